The highest BCUT2D eigenvalue weighted by atomic mass is 16.5. The number of ether oxygens (including phenoxy) is 1. The molecule has 2 aliphatic rings. The van der Waals surface area contributed by atoms with Gasteiger partial charge in [-0.15, -0.1) is 0 Å². The standard InChI is InChI=1S/C17H35N3O/c1-4-7-18-12-16-5-8-19(9-6-16)13-17-14-20(15(2)3)10-11-21-17/h15-18H,4-14H2,1-3H3. The highest BCUT2D eigenvalue weighted by Gasteiger charge is 2.26. The van der Waals surface area contributed by atoms with Gasteiger partial charge in [0.15, 0.2) is 0 Å². The maximum atomic E-state index is 5.97. The molecule has 2 aliphatic heterocycles. The van der Waals surface area contributed by atoms with Crippen LogP contribution in [0.3, 0.4) is 0 Å². The fourth-order valence-corrected chi connectivity index (χ4v) is 3.47. The van der Waals surface area contributed by atoms with Gasteiger partial charge >= 0.3 is 0 Å². The summed E-state index contributed by atoms with van der Waals surface area (Å²) in [4.78, 5) is 5.17. The van der Waals surface area contributed by atoms with Crippen LogP contribution in [0.2, 0.25) is 0 Å². The Labute approximate surface area is 131 Å². The summed E-state index contributed by atoms with van der Waals surface area (Å²) in [6.45, 7) is 15.9. The van der Waals surface area contributed by atoms with Gasteiger partial charge in [-0.05, 0) is 65.2 Å². The summed E-state index contributed by atoms with van der Waals surface area (Å²) in [6.07, 6.45) is 4.34. The van der Waals surface area contributed by atoms with Crippen LogP contribution in [-0.4, -0.2) is 74.4 Å². The van der Waals surface area contributed by atoms with E-state index >= 15 is 0 Å². The summed E-state index contributed by atoms with van der Waals surface area (Å²) in [6, 6.07) is 0.645. The van der Waals surface area contributed by atoms with Crippen molar-refractivity contribution in [1.29, 1.82) is 0 Å². The van der Waals surface area contributed by atoms with Crippen LogP contribution in [-0.2, 0) is 4.74 Å². The SMILES string of the molecule is CCCNCC1CCN(CC2CN(C(C)C)CCO2)CC1. The van der Waals surface area contributed by atoms with E-state index in [1.807, 2.05) is 0 Å². The molecule has 0 bridgehead atoms. The molecule has 0 amide bonds. The molecular formula is C17H35N3O. The number of nitrogens with one attached hydrogen (secondary N) is 1. The van der Waals surface area contributed by atoms with Gasteiger partial charge in [0, 0.05) is 25.7 Å². The van der Waals surface area contributed by atoms with E-state index in [9.17, 15) is 0 Å². The van der Waals surface area contributed by atoms with Gasteiger partial charge < -0.3 is 15.0 Å². The molecule has 4 nitrogen and oxygen atoms in total. The normalized spacial score (nSPS) is 26.6. The topological polar surface area (TPSA) is 27.7 Å². The molecule has 2 fully saturated rings. The van der Waals surface area contributed by atoms with Crippen molar-refractivity contribution in [2.75, 3.05) is 52.4 Å². The zero-order valence-electron chi connectivity index (χ0n) is 14.3. The first-order chi connectivity index (χ1) is 10.2. The molecule has 0 aromatic rings. The van der Waals surface area contributed by atoms with Gasteiger partial charge in [0.1, 0.15) is 0 Å². The Balaban J connectivity index is 1.64. The fraction of sp³-hybridized carbons (Fsp3) is 1.00. The van der Waals surface area contributed by atoms with Crippen molar-refractivity contribution in [3.63, 3.8) is 0 Å². The van der Waals surface area contributed by atoms with Gasteiger partial charge in [-0.3, -0.25) is 4.90 Å². The van der Waals surface area contributed by atoms with E-state index in [4.69, 9.17) is 4.74 Å². The molecule has 4 heteroatoms. The Bertz CT molecular complexity index is 277. The van der Waals surface area contributed by atoms with Gasteiger partial charge in [-0.2, -0.15) is 0 Å². The summed E-state index contributed by atoms with van der Waals surface area (Å²) >= 11 is 0. The third-order valence-electron chi connectivity index (χ3n) is 4.93. The number of hydrogen-bond donors (Lipinski definition) is 1. The van der Waals surface area contributed by atoms with Crippen LogP contribution in [0.25, 0.3) is 0 Å². The van der Waals surface area contributed by atoms with Gasteiger partial charge in [-0.25, -0.2) is 0 Å². The Hall–Kier alpha value is -0.160. The first kappa shape index (κ1) is 17.2. The maximum Gasteiger partial charge on any atom is 0.0829 e. The van der Waals surface area contributed by atoms with Crippen molar-refractivity contribution in [3.8, 4) is 0 Å². The molecule has 0 radical (unpaired) electrons. The smallest absolute Gasteiger partial charge is 0.0829 e. The van der Waals surface area contributed by atoms with E-state index in [1.165, 1.54) is 45.4 Å². The zero-order valence-corrected chi connectivity index (χ0v) is 14.3. The minimum absolute atomic E-state index is 0.413. The number of morpholine rings is 1. The minimum Gasteiger partial charge on any atom is -0.374 e. The van der Waals surface area contributed by atoms with Crippen molar-refractivity contribution in [1.82, 2.24) is 15.1 Å². The zero-order chi connectivity index (χ0) is 15.1. The van der Waals surface area contributed by atoms with E-state index in [0.29, 0.717) is 12.1 Å². The Kier molecular flexibility index (Phi) is 7.44. The first-order valence-corrected chi connectivity index (χ1v) is 8.97. The predicted octanol–water partition coefficient (Wildman–Crippen LogP) is 1.81. The number of piperidine rings is 1. The Morgan fingerprint density at radius 2 is 1.95 bits per heavy atom. The summed E-state index contributed by atoms with van der Waals surface area (Å²) in [5.74, 6) is 0.882. The van der Waals surface area contributed by atoms with Crippen LogP contribution in [0.5, 0.6) is 0 Å². The second kappa shape index (κ2) is 9.09. The van der Waals surface area contributed by atoms with Crippen LogP contribution in [0.1, 0.15) is 40.0 Å². The largest absolute Gasteiger partial charge is 0.374 e. The molecule has 0 spiro atoms. The molecule has 2 saturated heterocycles. The van der Waals surface area contributed by atoms with E-state index in [-0.39, 0.29) is 0 Å². The van der Waals surface area contributed by atoms with Gasteiger partial charge in [0.2, 0.25) is 0 Å². The van der Waals surface area contributed by atoms with E-state index in [2.05, 4.69) is 35.9 Å². The lowest BCUT2D eigenvalue weighted by Crippen LogP contribution is -2.51. The summed E-state index contributed by atoms with van der Waals surface area (Å²) in [5.41, 5.74) is 0. The van der Waals surface area contributed by atoms with Gasteiger partial charge in [0.05, 0.1) is 12.7 Å². The van der Waals surface area contributed by atoms with Gasteiger partial charge in [0.25, 0.3) is 0 Å². The molecule has 2 heterocycles. The maximum absolute atomic E-state index is 5.97. The fourth-order valence-electron chi connectivity index (χ4n) is 3.47. The molecule has 124 valence electrons. The van der Waals surface area contributed by atoms with E-state index in [1.54, 1.807) is 0 Å². The van der Waals surface area contributed by atoms with Crippen LogP contribution in [0.15, 0.2) is 0 Å². The van der Waals surface area contributed by atoms with E-state index < -0.39 is 0 Å². The molecule has 1 atom stereocenters. The average molecular weight is 297 g/mol. The molecular weight excluding hydrogens is 262 g/mol. The average Bonchev–Trinajstić information content (AvgIpc) is 2.49. The molecule has 0 saturated carbocycles. The first-order valence-electron chi connectivity index (χ1n) is 8.97. The van der Waals surface area contributed by atoms with Crippen molar-refractivity contribution in [2.45, 2.75) is 52.2 Å². The van der Waals surface area contributed by atoms with Gasteiger partial charge in [-0.1, -0.05) is 6.92 Å². The third-order valence-corrected chi connectivity index (χ3v) is 4.93. The number of hydrogen-bond acceptors (Lipinski definition) is 4. The van der Waals surface area contributed by atoms with Crippen molar-refractivity contribution < 1.29 is 4.74 Å². The second-order valence-electron chi connectivity index (χ2n) is 7.03. The molecule has 2 rings (SSSR count). The number of nitrogens with zero attached hydrogens (tertiary/aromatic N) is 2. The number of rotatable bonds is 7. The monoisotopic (exact) mass is 297 g/mol. The molecule has 21 heavy (non-hydrogen) atoms. The van der Waals surface area contributed by atoms with Crippen LogP contribution < -0.4 is 5.32 Å². The van der Waals surface area contributed by atoms with Crippen molar-refractivity contribution >= 4 is 0 Å². The molecule has 1 unspecified atom stereocenters. The lowest BCUT2D eigenvalue weighted by Gasteiger charge is -2.39. The Morgan fingerprint density at radius 1 is 1.19 bits per heavy atom. The lowest BCUT2D eigenvalue weighted by atomic mass is 9.96. The van der Waals surface area contributed by atoms with Crippen LogP contribution in [0, 0.1) is 5.92 Å². The Morgan fingerprint density at radius 3 is 2.62 bits per heavy atom. The summed E-state index contributed by atoms with van der Waals surface area (Å²) in [5, 5.41) is 3.57. The third kappa shape index (κ3) is 5.85. The van der Waals surface area contributed by atoms with Crippen LogP contribution in [0.4, 0.5) is 0 Å². The molecule has 1 N–H and O–H groups in total. The highest BCUT2D eigenvalue weighted by Crippen LogP contribution is 2.18. The van der Waals surface area contributed by atoms with Crippen LogP contribution >= 0.6 is 0 Å². The lowest BCUT2D eigenvalue weighted by molar-refractivity contribution is -0.0550. The highest BCUT2D eigenvalue weighted by molar-refractivity contribution is 4.80. The summed E-state index contributed by atoms with van der Waals surface area (Å²) < 4.78 is 5.97. The molecule has 0 aromatic heterocycles. The predicted molar refractivity (Wildman–Crippen MR) is 88.8 cm³/mol. The second-order valence-corrected chi connectivity index (χ2v) is 7.03. The minimum atomic E-state index is 0.413. The van der Waals surface area contributed by atoms with E-state index in [0.717, 1.165) is 32.2 Å². The number of likely N-dealkylation sites (tertiary alicyclic amines) is 1. The molecule has 0 aromatic carbocycles. The quantitative estimate of drug-likeness (QED) is 0.725. The summed E-state index contributed by atoms with van der Waals surface area (Å²) in [7, 11) is 0. The van der Waals surface area contributed by atoms with Crippen molar-refractivity contribution in [2.24, 2.45) is 5.92 Å². The van der Waals surface area contributed by atoms with Crippen molar-refractivity contribution in [3.05, 3.63) is 0 Å². The molecule has 0 aliphatic carbocycles.